The van der Waals surface area contributed by atoms with Gasteiger partial charge < -0.3 is 9.64 Å². The van der Waals surface area contributed by atoms with Gasteiger partial charge in [-0.3, -0.25) is 0 Å². The number of aromatic nitrogens is 3. The van der Waals surface area contributed by atoms with Crippen LogP contribution in [0.1, 0.15) is 18.5 Å². The summed E-state index contributed by atoms with van der Waals surface area (Å²) in [5, 5.41) is 5.66. The van der Waals surface area contributed by atoms with Crippen LogP contribution in [0.25, 0.3) is 26.2 Å². The lowest BCUT2D eigenvalue weighted by Gasteiger charge is -2.15. The molecule has 26 heavy (non-hydrogen) atoms. The Hall–Kier alpha value is -2.60. The minimum atomic E-state index is 0.826. The van der Waals surface area contributed by atoms with Gasteiger partial charge in [0.25, 0.3) is 0 Å². The number of aryl methyl sites for hydroxylation is 1. The van der Waals surface area contributed by atoms with Crippen LogP contribution < -0.4 is 9.64 Å². The van der Waals surface area contributed by atoms with Crippen LogP contribution in [0.2, 0.25) is 0 Å². The summed E-state index contributed by atoms with van der Waals surface area (Å²) in [6, 6.07) is 10.8. The molecule has 132 valence electrons. The molecule has 0 spiro atoms. The molecule has 0 amide bonds. The van der Waals surface area contributed by atoms with Gasteiger partial charge in [-0.1, -0.05) is 0 Å². The van der Waals surface area contributed by atoms with E-state index in [1.54, 1.807) is 18.4 Å². The van der Waals surface area contributed by atoms with Gasteiger partial charge in [0.1, 0.15) is 16.4 Å². The van der Waals surface area contributed by atoms with Crippen LogP contribution in [0, 0.1) is 6.92 Å². The van der Waals surface area contributed by atoms with Crippen molar-refractivity contribution in [1.82, 2.24) is 14.6 Å². The van der Waals surface area contributed by atoms with Gasteiger partial charge in [0, 0.05) is 28.9 Å². The number of methoxy groups -OCH3 is 1. The number of nitrogens with zero attached hydrogens (tertiary/aromatic N) is 4. The van der Waals surface area contributed by atoms with Crippen LogP contribution in [0.4, 0.5) is 5.82 Å². The van der Waals surface area contributed by atoms with E-state index >= 15 is 0 Å². The second-order valence-corrected chi connectivity index (χ2v) is 7.81. The average Bonchev–Trinajstić information content (AvgIpc) is 3.37. The maximum atomic E-state index is 5.64. The Morgan fingerprint density at radius 1 is 1.12 bits per heavy atom. The average molecular weight is 364 g/mol. The predicted molar refractivity (Wildman–Crippen MR) is 107 cm³/mol. The molecular weight excluding hydrogens is 344 g/mol. The summed E-state index contributed by atoms with van der Waals surface area (Å²) in [4.78, 5) is 9.54. The summed E-state index contributed by atoms with van der Waals surface area (Å²) in [7, 11) is 1.71. The highest BCUT2D eigenvalue weighted by Crippen LogP contribution is 2.39. The highest BCUT2D eigenvalue weighted by Gasteiger charge is 2.16. The first-order valence-corrected chi connectivity index (χ1v) is 9.73. The summed E-state index contributed by atoms with van der Waals surface area (Å²) in [6.07, 6.45) is 4.47. The zero-order valence-electron chi connectivity index (χ0n) is 14.9. The fraction of sp³-hybridized carbons (Fsp3) is 0.300. The molecule has 6 heteroatoms. The number of fused-ring (bicyclic) bond motifs is 2. The third kappa shape index (κ3) is 2.52. The van der Waals surface area contributed by atoms with Crippen molar-refractivity contribution < 1.29 is 4.74 Å². The number of thiophene rings is 1. The third-order valence-electron chi connectivity index (χ3n) is 4.97. The van der Waals surface area contributed by atoms with E-state index < -0.39 is 0 Å². The molecule has 1 saturated heterocycles. The number of pyridine rings is 2. The van der Waals surface area contributed by atoms with Crippen LogP contribution >= 0.6 is 11.3 Å². The maximum absolute atomic E-state index is 5.64. The van der Waals surface area contributed by atoms with E-state index in [0.29, 0.717) is 0 Å². The molecule has 0 saturated carbocycles. The summed E-state index contributed by atoms with van der Waals surface area (Å²) in [6.45, 7) is 4.23. The van der Waals surface area contributed by atoms with Gasteiger partial charge in [-0.25, -0.2) is 9.50 Å². The smallest absolute Gasteiger partial charge is 0.145 e. The van der Waals surface area contributed by atoms with Gasteiger partial charge in [-0.05, 0) is 50.1 Å². The largest absolute Gasteiger partial charge is 0.494 e. The molecule has 0 aromatic carbocycles. The van der Waals surface area contributed by atoms with Crippen molar-refractivity contribution >= 4 is 32.9 Å². The quantitative estimate of drug-likeness (QED) is 0.536. The third-order valence-corrected chi connectivity index (χ3v) is 6.05. The van der Waals surface area contributed by atoms with Crippen LogP contribution in [0.15, 0.2) is 36.5 Å². The molecule has 0 atom stereocenters. The molecule has 5 rings (SSSR count). The van der Waals surface area contributed by atoms with Gasteiger partial charge in [0.15, 0.2) is 0 Å². The molecule has 0 bridgehead atoms. The number of hydrogen-bond acceptors (Lipinski definition) is 5. The van der Waals surface area contributed by atoms with Crippen LogP contribution in [0.5, 0.6) is 5.75 Å². The molecule has 0 aliphatic carbocycles. The zero-order chi connectivity index (χ0) is 17.7. The Morgan fingerprint density at radius 3 is 2.77 bits per heavy atom. The highest BCUT2D eigenvalue weighted by atomic mass is 32.1. The normalized spacial score (nSPS) is 14.6. The Kier molecular flexibility index (Phi) is 3.60. The van der Waals surface area contributed by atoms with E-state index in [9.17, 15) is 0 Å². The Labute approximate surface area is 155 Å². The SMILES string of the molecule is COc1cn2nc(C)cc2cc1-c1cc2ccc(N3CCCC3)nc2s1. The van der Waals surface area contributed by atoms with Crippen LogP contribution in [-0.4, -0.2) is 34.8 Å². The first-order valence-electron chi connectivity index (χ1n) is 8.91. The molecule has 1 fully saturated rings. The molecular formula is C20H20N4OS. The summed E-state index contributed by atoms with van der Waals surface area (Å²) in [5.41, 5.74) is 3.16. The molecule has 1 aliphatic rings. The van der Waals surface area contributed by atoms with Gasteiger partial charge in [0.2, 0.25) is 0 Å². The minimum absolute atomic E-state index is 0.826. The summed E-state index contributed by atoms with van der Waals surface area (Å²) in [5.74, 6) is 1.92. The molecule has 4 aromatic heterocycles. The Balaban J connectivity index is 1.62. The second kappa shape index (κ2) is 5.99. The molecule has 0 radical (unpaired) electrons. The topological polar surface area (TPSA) is 42.7 Å². The lowest BCUT2D eigenvalue weighted by molar-refractivity contribution is 0.413. The molecule has 5 nitrogen and oxygen atoms in total. The monoisotopic (exact) mass is 364 g/mol. The second-order valence-electron chi connectivity index (χ2n) is 6.78. The minimum Gasteiger partial charge on any atom is -0.494 e. The first-order chi connectivity index (χ1) is 12.7. The highest BCUT2D eigenvalue weighted by molar-refractivity contribution is 7.21. The summed E-state index contributed by atoms with van der Waals surface area (Å²) < 4.78 is 7.51. The number of anilines is 1. The van der Waals surface area contributed by atoms with Gasteiger partial charge in [-0.15, -0.1) is 11.3 Å². The van der Waals surface area contributed by atoms with Crippen molar-refractivity contribution in [2.45, 2.75) is 19.8 Å². The fourth-order valence-corrected chi connectivity index (χ4v) is 4.71. The van der Waals surface area contributed by atoms with E-state index in [1.807, 2.05) is 17.6 Å². The predicted octanol–water partition coefficient (Wildman–Crippen LogP) is 4.53. The lowest BCUT2D eigenvalue weighted by Crippen LogP contribution is -2.18. The number of ether oxygens (including phenoxy) is 1. The molecule has 4 aromatic rings. The molecule has 0 unspecified atom stereocenters. The van der Waals surface area contributed by atoms with E-state index in [2.05, 4.69) is 40.3 Å². The van der Waals surface area contributed by atoms with Crippen molar-refractivity contribution in [3.63, 3.8) is 0 Å². The fourth-order valence-electron chi connectivity index (χ4n) is 3.67. The van der Waals surface area contributed by atoms with Gasteiger partial charge in [-0.2, -0.15) is 5.10 Å². The van der Waals surface area contributed by atoms with Crippen molar-refractivity contribution in [2.75, 3.05) is 25.1 Å². The molecule has 5 heterocycles. The van der Waals surface area contributed by atoms with E-state index in [-0.39, 0.29) is 0 Å². The van der Waals surface area contributed by atoms with Crippen molar-refractivity contribution in [1.29, 1.82) is 0 Å². The van der Waals surface area contributed by atoms with E-state index in [1.165, 1.54) is 23.1 Å². The molecule has 0 N–H and O–H groups in total. The van der Waals surface area contributed by atoms with E-state index in [4.69, 9.17) is 9.72 Å². The van der Waals surface area contributed by atoms with Crippen molar-refractivity contribution in [2.24, 2.45) is 0 Å². The summed E-state index contributed by atoms with van der Waals surface area (Å²) >= 11 is 1.72. The number of hydrogen-bond donors (Lipinski definition) is 0. The maximum Gasteiger partial charge on any atom is 0.145 e. The number of rotatable bonds is 3. The lowest BCUT2D eigenvalue weighted by atomic mass is 10.1. The Morgan fingerprint density at radius 2 is 1.96 bits per heavy atom. The van der Waals surface area contributed by atoms with E-state index in [0.717, 1.165) is 46.3 Å². The van der Waals surface area contributed by atoms with Crippen LogP contribution in [-0.2, 0) is 0 Å². The molecule has 1 aliphatic heterocycles. The Bertz CT molecular complexity index is 1110. The van der Waals surface area contributed by atoms with Crippen LogP contribution in [0.3, 0.4) is 0 Å². The first kappa shape index (κ1) is 15.6. The van der Waals surface area contributed by atoms with Gasteiger partial charge in [0.05, 0.1) is 24.5 Å². The van der Waals surface area contributed by atoms with Gasteiger partial charge >= 0.3 is 0 Å². The van der Waals surface area contributed by atoms with Crippen molar-refractivity contribution in [3.8, 4) is 16.2 Å². The standard InChI is InChI=1S/C20H20N4OS/c1-13-9-15-11-16(17(25-2)12-24(15)22-13)18-10-14-5-6-19(21-20(14)26-18)23-7-3-4-8-23/h5-6,9-12H,3-4,7-8H2,1-2H3. The zero-order valence-corrected chi connectivity index (χ0v) is 15.7. The van der Waals surface area contributed by atoms with Crippen molar-refractivity contribution in [3.05, 3.63) is 42.2 Å².